The normalized spacial score (nSPS) is 11.5. The molecule has 3 N–H and O–H groups in total. The fourth-order valence-corrected chi connectivity index (χ4v) is 2.22. The van der Waals surface area contributed by atoms with Gasteiger partial charge < -0.3 is 15.7 Å². The van der Waals surface area contributed by atoms with Crippen molar-refractivity contribution in [3.8, 4) is 0 Å². The van der Waals surface area contributed by atoms with Gasteiger partial charge in [-0.2, -0.15) is 0 Å². The average molecular weight is 366 g/mol. The number of carbonyl (C=O) groups is 3. The highest BCUT2D eigenvalue weighted by atomic mass is 19.2. The Bertz CT molecular complexity index is 855. The lowest BCUT2D eigenvalue weighted by atomic mass is 9.95. The molecule has 0 bridgehead atoms. The summed E-state index contributed by atoms with van der Waals surface area (Å²) in [5.74, 6) is -7.82. The quantitative estimate of drug-likeness (QED) is 0.557. The van der Waals surface area contributed by atoms with Gasteiger partial charge in [0.05, 0.1) is 5.69 Å². The minimum absolute atomic E-state index is 0.210. The topological polar surface area (TPSA) is 95.5 Å². The predicted molar refractivity (Wildman–Crippen MR) is 86.5 cm³/mol. The first-order chi connectivity index (χ1) is 12.2. The molecule has 0 saturated carbocycles. The Balaban J connectivity index is 2.09. The fourth-order valence-electron chi connectivity index (χ4n) is 2.22. The van der Waals surface area contributed by atoms with Crippen molar-refractivity contribution in [3.63, 3.8) is 0 Å². The number of nitrogens with one attached hydrogen (secondary N) is 2. The molecule has 9 heteroatoms. The number of carboxylic acid groups (broad SMARTS) is 1. The van der Waals surface area contributed by atoms with Crippen LogP contribution < -0.4 is 10.6 Å². The van der Waals surface area contributed by atoms with E-state index < -0.39 is 46.8 Å². The fraction of sp³-hybridized carbons (Fsp3) is 0.118. The van der Waals surface area contributed by atoms with E-state index in [1.54, 1.807) is 0 Å². The molecule has 2 amide bonds. The summed E-state index contributed by atoms with van der Waals surface area (Å²) in [6.45, 7) is 1.15. The second kappa shape index (κ2) is 7.68. The number of anilines is 2. The van der Waals surface area contributed by atoms with Crippen LogP contribution in [0.25, 0.3) is 0 Å². The number of hydrogen-bond donors (Lipinski definition) is 3. The van der Waals surface area contributed by atoms with Gasteiger partial charge in [-0.1, -0.05) is 12.1 Å². The van der Waals surface area contributed by atoms with Gasteiger partial charge >= 0.3 is 12.0 Å². The first-order valence-electron chi connectivity index (χ1n) is 7.25. The van der Waals surface area contributed by atoms with Crippen molar-refractivity contribution < 1.29 is 32.7 Å². The van der Waals surface area contributed by atoms with Gasteiger partial charge in [-0.25, -0.2) is 18.0 Å². The number of ketones is 1. The van der Waals surface area contributed by atoms with Crippen LogP contribution in [0.1, 0.15) is 18.4 Å². The summed E-state index contributed by atoms with van der Waals surface area (Å²) in [7, 11) is 0. The zero-order valence-electron chi connectivity index (χ0n) is 13.3. The molecule has 6 nitrogen and oxygen atoms in total. The third kappa shape index (κ3) is 4.18. The van der Waals surface area contributed by atoms with E-state index in [1.807, 2.05) is 5.32 Å². The van der Waals surface area contributed by atoms with Crippen LogP contribution in [-0.4, -0.2) is 22.9 Å². The van der Waals surface area contributed by atoms with Crippen LogP contribution in [0.4, 0.5) is 29.3 Å². The molecule has 0 saturated heterocycles. The Morgan fingerprint density at radius 3 is 2.08 bits per heavy atom. The third-order valence-electron chi connectivity index (χ3n) is 3.44. The van der Waals surface area contributed by atoms with Gasteiger partial charge in [0.15, 0.2) is 17.5 Å². The molecule has 0 radical (unpaired) electrons. The second-order valence-electron chi connectivity index (χ2n) is 5.31. The lowest BCUT2D eigenvalue weighted by Gasteiger charge is -2.11. The predicted octanol–water partition coefficient (Wildman–Crippen LogP) is 3.51. The molecule has 2 rings (SSSR count). The van der Waals surface area contributed by atoms with Crippen molar-refractivity contribution >= 4 is 29.2 Å². The van der Waals surface area contributed by atoms with Gasteiger partial charge in [0.1, 0.15) is 11.7 Å². The Hall–Kier alpha value is -3.36. The van der Waals surface area contributed by atoms with Crippen LogP contribution in [0.3, 0.4) is 0 Å². The highest BCUT2D eigenvalue weighted by Gasteiger charge is 2.24. The van der Waals surface area contributed by atoms with Crippen molar-refractivity contribution in [2.24, 2.45) is 0 Å². The molecule has 2 aromatic carbocycles. The smallest absolute Gasteiger partial charge is 0.323 e. The van der Waals surface area contributed by atoms with Crippen molar-refractivity contribution in [1.82, 2.24) is 0 Å². The monoisotopic (exact) mass is 366 g/mol. The van der Waals surface area contributed by atoms with Crippen molar-refractivity contribution in [1.29, 1.82) is 0 Å². The Morgan fingerprint density at radius 2 is 1.54 bits per heavy atom. The highest BCUT2D eigenvalue weighted by molar-refractivity contribution is 6.03. The number of rotatable bonds is 5. The Kier molecular flexibility index (Phi) is 5.61. The van der Waals surface area contributed by atoms with Gasteiger partial charge in [-0.15, -0.1) is 0 Å². The van der Waals surface area contributed by atoms with E-state index in [-0.39, 0.29) is 11.3 Å². The molecule has 26 heavy (non-hydrogen) atoms. The minimum Gasteiger partial charge on any atom is -0.480 e. The van der Waals surface area contributed by atoms with E-state index >= 15 is 0 Å². The summed E-state index contributed by atoms with van der Waals surface area (Å²) >= 11 is 0. The van der Waals surface area contributed by atoms with Crippen LogP contribution in [0.2, 0.25) is 0 Å². The molecule has 0 heterocycles. The molecule has 1 unspecified atom stereocenters. The molecular weight excluding hydrogens is 353 g/mol. The number of Topliss-reactive ketones (excluding diaryl/α,β-unsaturated/α-hetero) is 1. The maximum absolute atomic E-state index is 13.5. The van der Waals surface area contributed by atoms with E-state index in [0.29, 0.717) is 6.07 Å². The molecule has 0 fully saturated rings. The summed E-state index contributed by atoms with van der Waals surface area (Å²) in [6, 6.07) is 5.97. The van der Waals surface area contributed by atoms with E-state index in [1.165, 1.54) is 24.3 Å². The average Bonchev–Trinajstić information content (AvgIpc) is 2.56. The van der Waals surface area contributed by atoms with Crippen LogP contribution in [-0.2, 0) is 9.59 Å². The number of hydrogen-bond acceptors (Lipinski definition) is 3. The van der Waals surface area contributed by atoms with Crippen LogP contribution in [0.5, 0.6) is 0 Å². The van der Waals surface area contributed by atoms with E-state index in [0.717, 1.165) is 13.0 Å². The number of carbonyl (C=O) groups excluding carboxylic acids is 2. The summed E-state index contributed by atoms with van der Waals surface area (Å²) in [4.78, 5) is 34.3. The van der Waals surface area contributed by atoms with Gasteiger partial charge in [0.25, 0.3) is 0 Å². The lowest BCUT2D eigenvalue weighted by Crippen LogP contribution is -2.21. The molecule has 0 aliphatic carbocycles. The van der Waals surface area contributed by atoms with Gasteiger partial charge in [-0.3, -0.25) is 9.59 Å². The molecule has 0 aliphatic rings. The minimum atomic E-state index is -1.71. The molecule has 2 aromatic rings. The summed E-state index contributed by atoms with van der Waals surface area (Å²) in [6.07, 6.45) is 0. The first kappa shape index (κ1) is 19.0. The zero-order valence-corrected chi connectivity index (χ0v) is 13.3. The van der Waals surface area contributed by atoms with Crippen LogP contribution in [0, 0.1) is 17.5 Å². The molecule has 0 spiro atoms. The summed E-state index contributed by atoms with van der Waals surface area (Å²) in [5.41, 5.74) is -0.120. The van der Waals surface area contributed by atoms with Gasteiger partial charge in [0, 0.05) is 5.69 Å². The SMILES string of the molecule is CC(=O)C(C(=O)O)c1ccc(NC(=O)Nc2ccc(F)c(F)c2F)cc1. The van der Waals surface area contributed by atoms with Crippen LogP contribution >= 0.6 is 0 Å². The standard InChI is InChI=1S/C17H13F3N2O4/c1-8(23)13(16(24)25)9-2-4-10(5-3-9)21-17(26)22-12-7-6-11(18)14(19)15(12)20/h2-7,13H,1H3,(H,24,25)(H2,21,22,26). The molecule has 0 aliphatic heterocycles. The second-order valence-corrected chi connectivity index (χ2v) is 5.31. The maximum atomic E-state index is 13.5. The molecule has 0 aromatic heterocycles. The number of aliphatic carboxylic acids is 1. The Morgan fingerprint density at radius 1 is 0.923 bits per heavy atom. The molecule has 136 valence electrons. The number of urea groups is 1. The van der Waals surface area contributed by atoms with E-state index in [2.05, 4.69) is 5.32 Å². The molecule has 1 atom stereocenters. The van der Waals surface area contributed by atoms with Gasteiger partial charge in [-0.05, 0) is 36.8 Å². The summed E-state index contributed by atoms with van der Waals surface area (Å²) in [5, 5.41) is 13.4. The lowest BCUT2D eigenvalue weighted by molar-refractivity contribution is -0.142. The molecular formula is C17H13F3N2O4. The number of halogens is 3. The van der Waals surface area contributed by atoms with Crippen LogP contribution in [0.15, 0.2) is 36.4 Å². The number of benzene rings is 2. The number of carboxylic acids is 1. The summed E-state index contributed by atoms with van der Waals surface area (Å²) < 4.78 is 39.5. The third-order valence-corrected chi connectivity index (χ3v) is 3.44. The number of amides is 2. The highest BCUT2D eigenvalue weighted by Crippen LogP contribution is 2.22. The van der Waals surface area contributed by atoms with E-state index in [4.69, 9.17) is 5.11 Å². The van der Waals surface area contributed by atoms with E-state index in [9.17, 15) is 27.6 Å². The van der Waals surface area contributed by atoms with Gasteiger partial charge in [0.2, 0.25) is 0 Å². The zero-order chi connectivity index (χ0) is 19.4. The largest absolute Gasteiger partial charge is 0.480 e. The van der Waals surface area contributed by atoms with Crippen molar-refractivity contribution in [3.05, 3.63) is 59.4 Å². The van der Waals surface area contributed by atoms with Crippen molar-refractivity contribution in [2.75, 3.05) is 10.6 Å². The maximum Gasteiger partial charge on any atom is 0.323 e. The van der Waals surface area contributed by atoms with Crippen molar-refractivity contribution in [2.45, 2.75) is 12.8 Å². The Labute approximate surface area is 145 Å². The first-order valence-corrected chi connectivity index (χ1v) is 7.25.